The minimum absolute atomic E-state index is 0.0709. The van der Waals surface area contributed by atoms with Crippen molar-refractivity contribution < 1.29 is 13.2 Å². The molecule has 0 saturated heterocycles. The molecule has 1 aliphatic carbocycles. The van der Waals surface area contributed by atoms with Gasteiger partial charge in [-0.2, -0.15) is 0 Å². The molecule has 1 saturated carbocycles. The van der Waals surface area contributed by atoms with E-state index < -0.39 is 10.0 Å². The van der Waals surface area contributed by atoms with Crippen LogP contribution in [0.4, 0.5) is 5.69 Å². The van der Waals surface area contributed by atoms with Crippen LogP contribution in [0.2, 0.25) is 0 Å². The molecule has 1 fully saturated rings. The molecule has 21 heavy (non-hydrogen) atoms. The smallest absolute Gasteiger partial charge is 0.240 e. The van der Waals surface area contributed by atoms with Crippen molar-refractivity contribution in [2.24, 2.45) is 22.7 Å². The zero-order chi connectivity index (χ0) is 15.5. The van der Waals surface area contributed by atoms with Gasteiger partial charge in [0.15, 0.2) is 0 Å². The first-order valence-electron chi connectivity index (χ1n) is 7.06. The van der Waals surface area contributed by atoms with E-state index in [1.165, 1.54) is 12.1 Å². The van der Waals surface area contributed by atoms with Crippen LogP contribution in [0, 0.1) is 11.8 Å². The van der Waals surface area contributed by atoms with E-state index in [1.807, 2.05) is 0 Å². The molecule has 7 heteroatoms. The van der Waals surface area contributed by atoms with Gasteiger partial charge < -0.3 is 11.1 Å². The highest BCUT2D eigenvalue weighted by Gasteiger charge is 2.30. The van der Waals surface area contributed by atoms with Gasteiger partial charge in [-0.25, -0.2) is 13.6 Å². The van der Waals surface area contributed by atoms with Crippen molar-refractivity contribution in [3.8, 4) is 0 Å². The number of hydrogen-bond acceptors (Lipinski definition) is 4. The van der Waals surface area contributed by atoms with Crippen LogP contribution in [-0.2, 0) is 14.8 Å². The maximum atomic E-state index is 12.4. The van der Waals surface area contributed by atoms with Crippen molar-refractivity contribution in [3.63, 3.8) is 0 Å². The average molecular weight is 311 g/mol. The van der Waals surface area contributed by atoms with E-state index in [4.69, 9.17) is 10.9 Å². The molecule has 0 spiro atoms. The van der Waals surface area contributed by atoms with Crippen LogP contribution in [0.1, 0.15) is 25.7 Å². The lowest BCUT2D eigenvalue weighted by Gasteiger charge is -2.29. The van der Waals surface area contributed by atoms with Crippen LogP contribution < -0.4 is 16.2 Å². The van der Waals surface area contributed by atoms with E-state index >= 15 is 0 Å². The highest BCUT2D eigenvalue weighted by molar-refractivity contribution is 7.89. The Hall–Kier alpha value is -1.44. The maximum Gasteiger partial charge on any atom is 0.240 e. The summed E-state index contributed by atoms with van der Waals surface area (Å²) in [6.07, 6.45) is 3.79. The number of nitrogens with one attached hydrogen (secondary N) is 1. The lowest BCUT2D eigenvalue weighted by atomic mass is 9.78. The quantitative estimate of drug-likeness (QED) is 0.770. The Morgan fingerprint density at radius 1 is 1.24 bits per heavy atom. The number of hydrogen-bond donors (Lipinski definition) is 3. The molecule has 0 radical (unpaired) electrons. The Morgan fingerprint density at radius 3 is 2.57 bits per heavy atom. The molecule has 1 aromatic rings. The van der Waals surface area contributed by atoms with Gasteiger partial charge in [-0.15, -0.1) is 0 Å². The summed E-state index contributed by atoms with van der Waals surface area (Å²) in [5.74, 6) is -0.195. The third-order valence-corrected chi connectivity index (χ3v) is 4.97. The third-order valence-electron chi connectivity index (χ3n) is 4.00. The molecular weight excluding hydrogens is 290 g/mol. The third kappa shape index (κ3) is 3.81. The summed E-state index contributed by atoms with van der Waals surface area (Å²) < 4.78 is 23.1. The molecule has 2 atom stereocenters. The van der Waals surface area contributed by atoms with E-state index in [1.54, 1.807) is 12.1 Å². The van der Waals surface area contributed by atoms with E-state index in [0.717, 1.165) is 25.7 Å². The maximum absolute atomic E-state index is 12.4. The SMILES string of the molecule is NCC1CCCCC1C(=O)Nc1ccccc1S(N)(=O)=O. The molecule has 1 aromatic carbocycles. The Bertz CT molecular complexity index is 616. The van der Waals surface area contributed by atoms with Crippen molar-refractivity contribution in [2.45, 2.75) is 30.6 Å². The summed E-state index contributed by atoms with van der Waals surface area (Å²) >= 11 is 0. The molecule has 2 unspecified atom stereocenters. The monoisotopic (exact) mass is 311 g/mol. The van der Waals surface area contributed by atoms with E-state index in [0.29, 0.717) is 6.54 Å². The number of anilines is 1. The van der Waals surface area contributed by atoms with E-state index in [2.05, 4.69) is 5.32 Å². The van der Waals surface area contributed by atoms with Gasteiger partial charge in [-0.05, 0) is 37.4 Å². The summed E-state index contributed by atoms with van der Waals surface area (Å²) in [6.45, 7) is 0.467. The molecule has 0 bridgehead atoms. The first kappa shape index (κ1) is 15.9. The van der Waals surface area contributed by atoms with Gasteiger partial charge in [0.25, 0.3) is 0 Å². The van der Waals surface area contributed by atoms with Crippen molar-refractivity contribution in [1.82, 2.24) is 0 Å². The molecule has 0 aliphatic heterocycles. The molecule has 0 aromatic heterocycles. The van der Waals surface area contributed by atoms with Gasteiger partial charge in [0.1, 0.15) is 4.90 Å². The summed E-state index contributed by atoms with van der Waals surface area (Å²) in [7, 11) is -3.87. The summed E-state index contributed by atoms with van der Waals surface area (Å²) in [4.78, 5) is 12.3. The first-order valence-corrected chi connectivity index (χ1v) is 8.61. The van der Waals surface area contributed by atoms with Gasteiger partial charge in [-0.3, -0.25) is 4.79 Å². The lowest BCUT2D eigenvalue weighted by molar-refractivity contribution is -0.122. The predicted octanol–water partition coefficient (Wildman–Crippen LogP) is 1.04. The van der Waals surface area contributed by atoms with E-state index in [-0.39, 0.29) is 28.3 Å². The van der Waals surface area contributed by atoms with Crippen molar-refractivity contribution >= 4 is 21.6 Å². The number of nitrogens with two attached hydrogens (primary N) is 2. The molecular formula is C14H21N3O3S. The van der Waals surface area contributed by atoms with Crippen molar-refractivity contribution in [1.29, 1.82) is 0 Å². The Labute approximate surface area is 124 Å². The zero-order valence-corrected chi connectivity index (χ0v) is 12.6. The number of primary sulfonamides is 1. The van der Waals surface area contributed by atoms with Gasteiger partial charge >= 0.3 is 0 Å². The van der Waals surface area contributed by atoms with Crippen LogP contribution in [0.3, 0.4) is 0 Å². The first-order chi connectivity index (χ1) is 9.93. The standard InChI is InChI=1S/C14H21N3O3S/c15-9-10-5-1-2-6-11(10)14(18)17-12-7-3-4-8-13(12)21(16,19)20/h3-4,7-8,10-11H,1-2,5-6,9,15H2,(H,17,18)(H2,16,19,20). The molecule has 116 valence electrons. The topological polar surface area (TPSA) is 115 Å². The fourth-order valence-corrected chi connectivity index (χ4v) is 3.57. The number of carbonyl (C=O) groups excluding carboxylic acids is 1. The molecule has 1 aliphatic rings. The number of carbonyl (C=O) groups is 1. The number of rotatable bonds is 4. The van der Waals surface area contributed by atoms with E-state index in [9.17, 15) is 13.2 Å². The number of amides is 1. The van der Waals surface area contributed by atoms with Gasteiger partial charge in [0, 0.05) is 5.92 Å². The van der Waals surface area contributed by atoms with Crippen LogP contribution in [-0.4, -0.2) is 20.9 Å². The molecule has 1 amide bonds. The van der Waals surface area contributed by atoms with Crippen LogP contribution in [0.5, 0.6) is 0 Å². The fraction of sp³-hybridized carbons (Fsp3) is 0.500. The summed E-state index contributed by atoms with van der Waals surface area (Å²) in [6, 6.07) is 6.15. The van der Waals surface area contributed by atoms with Crippen LogP contribution >= 0.6 is 0 Å². The second-order valence-electron chi connectivity index (χ2n) is 5.42. The molecule has 2 rings (SSSR count). The van der Waals surface area contributed by atoms with Gasteiger partial charge in [0.2, 0.25) is 15.9 Å². The summed E-state index contributed by atoms with van der Waals surface area (Å²) in [5.41, 5.74) is 5.96. The van der Waals surface area contributed by atoms with Crippen LogP contribution in [0.25, 0.3) is 0 Å². The highest BCUT2D eigenvalue weighted by Crippen LogP contribution is 2.31. The number of para-hydroxylation sites is 1. The van der Waals surface area contributed by atoms with Crippen LogP contribution in [0.15, 0.2) is 29.2 Å². The Morgan fingerprint density at radius 2 is 1.90 bits per heavy atom. The Balaban J connectivity index is 2.20. The molecule has 6 nitrogen and oxygen atoms in total. The predicted molar refractivity (Wildman–Crippen MR) is 80.9 cm³/mol. The second-order valence-corrected chi connectivity index (χ2v) is 6.95. The minimum Gasteiger partial charge on any atom is -0.330 e. The lowest BCUT2D eigenvalue weighted by Crippen LogP contribution is -2.36. The number of benzene rings is 1. The Kier molecular flexibility index (Phi) is 4.97. The number of sulfonamides is 1. The van der Waals surface area contributed by atoms with Gasteiger partial charge in [-0.1, -0.05) is 25.0 Å². The fourth-order valence-electron chi connectivity index (χ4n) is 2.88. The summed E-state index contributed by atoms with van der Waals surface area (Å²) in [5, 5.41) is 7.86. The van der Waals surface area contributed by atoms with Crippen molar-refractivity contribution in [2.75, 3.05) is 11.9 Å². The largest absolute Gasteiger partial charge is 0.330 e. The molecule has 5 N–H and O–H groups in total. The highest BCUT2D eigenvalue weighted by atomic mass is 32.2. The zero-order valence-electron chi connectivity index (χ0n) is 11.8. The average Bonchev–Trinajstić information content (AvgIpc) is 2.46. The second kappa shape index (κ2) is 6.55. The minimum atomic E-state index is -3.87. The van der Waals surface area contributed by atoms with Gasteiger partial charge in [0.05, 0.1) is 5.69 Å². The normalized spacial score (nSPS) is 22.8. The van der Waals surface area contributed by atoms with Crippen molar-refractivity contribution in [3.05, 3.63) is 24.3 Å². The molecule has 0 heterocycles.